The summed E-state index contributed by atoms with van der Waals surface area (Å²) in [7, 11) is 0. The Hall–Kier alpha value is -3.94. The number of nitrogens with zero attached hydrogens (tertiary/aromatic N) is 4. The van der Waals surface area contributed by atoms with Crippen molar-refractivity contribution in [3.63, 3.8) is 0 Å². The number of nitrogen functional groups attached to an aromatic ring is 1. The number of aromatic nitrogens is 4. The van der Waals surface area contributed by atoms with Crippen LogP contribution in [0.4, 0.5) is 11.8 Å². The normalized spacial score (nSPS) is 10.9. The van der Waals surface area contributed by atoms with Crippen molar-refractivity contribution in [3.05, 3.63) is 72.1 Å². The molecular formula is C21H21N7O. The minimum Gasteiger partial charge on any atom is -0.382 e. The predicted molar refractivity (Wildman–Crippen MR) is 113 cm³/mol. The third-order valence-electron chi connectivity index (χ3n) is 4.62. The summed E-state index contributed by atoms with van der Waals surface area (Å²) in [6.45, 7) is 0.723. The van der Waals surface area contributed by atoms with Crippen LogP contribution < -0.4 is 16.8 Å². The molecule has 2 heterocycles. The fraction of sp³-hybridized carbons (Fsp3) is 0.143. The predicted octanol–water partition coefficient (Wildman–Crippen LogP) is 2.54. The summed E-state index contributed by atoms with van der Waals surface area (Å²) in [6, 6.07) is 17.2. The van der Waals surface area contributed by atoms with Gasteiger partial charge in [0.2, 0.25) is 11.9 Å². The smallest absolute Gasteiger partial charge is 0.248 e. The molecule has 0 radical (unpaired) electrons. The highest BCUT2D eigenvalue weighted by molar-refractivity contribution is 5.93. The quantitative estimate of drug-likeness (QED) is 0.419. The molecule has 0 fully saturated rings. The zero-order valence-electron chi connectivity index (χ0n) is 15.7. The molecule has 0 aliphatic heterocycles. The Labute approximate surface area is 167 Å². The largest absolute Gasteiger partial charge is 0.382 e. The average Bonchev–Trinajstić information content (AvgIpc) is 3.17. The van der Waals surface area contributed by atoms with Crippen LogP contribution in [0.15, 0.2) is 60.9 Å². The number of benzene rings is 2. The molecule has 0 saturated carbocycles. The SMILES string of the molecule is NC(=O)c1ccc(-n2cnc3c(N)nc(NCCCc4ccccc4)nc32)cc1. The van der Waals surface area contributed by atoms with E-state index in [9.17, 15) is 4.79 Å². The summed E-state index contributed by atoms with van der Waals surface area (Å²) >= 11 is 0. The van der Waals surface area contributed by atoms with Crippen molar-refractivity contribution in [3.8, 4) is 5.69 Å². The Bertz CT molecular complexity index is 1140. The van der Waals surface area contributed by atoms with Crippen LogP contribution in [0.5, 0.6) is 0 Å². The molecule has 8 heteroatoms. The molecule has 0 aliphatic carbocycles. The zero-order chi connectivity index (χ0) is 20.2. The number of aryl methyl sites for hydroxylation is 1. The number of amides is 1. The van der Waals surface area contributed by atoms with E-state index in [1.54, 1.807) is 35.2 Å². The van der Waals surface area contributed by atoms with Crippen LogP contribution in [0.2, 0.25) is 0 Å². The first-order chi connectivity index (χ1) is 14.1. The standard InChI is InChI=1S/C21H21N7O/c22-18-17-20(28(13-25-17)16-10-8-15(9-11-16)19(23)29)27-21(26-18)24-12-4-7-14-5-2-1-3-6-14/h1-3,5-6,8-11,13H,4,7,12H2,(H2,23,29)(H3,22,24,26,27). The third-order valence-corrected chi connectivity index (χ3v) is 4.62. The van der Waals surface area contributed by atoms with Gasteiger partial charge in [-0.3, -0.25) is 9.36 Å². The van der Waals surface area contributed by atoms with E-state index in [4.69, 9.17) is 11.5 Å². The van der Waals surface area contributed by atoms with Gasteiger partial charge in [0.15, 0.2) is 17.0 Å². The lowest BCUT2D eigenvalue weighted by molar-refractivity contribution is 0.100. The molecule has 8 nitrogen and oxygen atoms in total. The maximum atomic E-state index is 11.3. The number of fused-ring (bicyclic) bond motifs is 1. The molecule has 0 aliphatic rings. The maximum Gasteiger partial charge on any atom is 0.248 e. The number of nitrogens with two attached hydrogens (primary N) is 2. The molecular weight excluding hydrogens is 366 g/mol. The van der Waals surface area contributed by atoms with E-state index < -0.39 is 5.91 Å². The number of rotatable bonds is 7. The van der Waals surface area contributed by atoms with Gasteiger partial charge in [0.1, 0.15) is 6.33 Å². The first-order valence-electron chi connectivity index (χ1n) is 9.30. The van der Waals surface area contributed by atoms with Gasteiger partial charge in [-0.25, -0.2) is 4.98 Å². The number of anilines is 2. The molecule has 0 bridgehead atoms. The van der Waals surface area contributed by atoms with Gasteiger partial charge in [0.25, 0.3) is 0 Å². The van der Waals surface area contributed by atoms with Crippen LogP contribution >= 0.6 is 0 Å². The summed E-state index contributed by atoms with van der Waals surface area (Å²) in [4.78, 5) is 24.5. The van der Waals surface area contributed by atoms with E-state index in [0.29, 0.717) is 28.5 Å². The maximum absolute atomic E-state index is 11.3. The van der Waals surface area contributed by atoms with E-state index in [1.807, 2.05) is 18.2 Å². The number of imidazole rings is 1. The number of hydrogen-bond donors (Lipinski definition) is 3. The molecule has 146 valence electrons. The van der Waals surface area contributed by atoms with E-state index in [1.165, 1.54) is 5.56 Å². The van der Waals surface area contributed by atoms with Crippen LogP contribution in [-0.2, 0) is 6.42 Å². The van der Waals surface area contributed by atoms with Gasteiger partial charge in [-0.2, -0.15) is 9.97 Å². The van der Waals surface area contributed by atoms with Gasteiger partial charge in [-0.15, -0.1) is 0 Å². The monoisotopic (exact) mass is 387 g/mol. The van der Waals surface area contributed by atoms with Crippen LogP contribution in [0.1, 0.15) is 22.3 Å². The number of hydrogen-bond acceptors (Lipinski definition) is 6. The number of carbonyl (C=O) groups is 1. The van der Waals surface area contributed by atoms with E-state index in [0.717, 1.165) is 25.1 Å². The number of nitrogens with one attached hydrogen (secondary N) is 1. The first kappa shape index (κ1) is 18.4. The van der Waals surface area contributed by atoms with Crippen molar-refractivity contribution in [2.24, 2.45) is 5.73 Å². The van der Waals surface area contributed by atoms with E-state index in [2.05, 4.69) is 32.4 Å². The topological polar surface area (TPSA) is 125 Å². The van der Waals surface area contributed by atoms with Crippen molar-refractivity contribution in [1.29, 1.82) is 0 Å². The highest BCUT2D eigenvalue weighted by Gasteiger charge is 2.13. The van der Waals surface area contributed by atoms with Crippen molar-refractivity contribution < 1.29 is 4.79 Å². The Balaban J connectivity index is 1.52. The second-order valence-corrected chi connectivity index (χ2v) is 6.65. The van der Waals surface area contributed by atoms with Crippen molar-refractivity contribution >= 4 is 28.8 Å². The molecule has 0 atom stereocenters. The summed E-state index contributed by atoms with van der Waals surface area (Å²) in [6.07, 6.45) is 3.54. The lowest BCUT2D eigenvalue weighted by Gasteiger charge is -2.08. The summed E-state index contributed by atoms with van der Waals surface area (Å²) < 4.78 is 1.80. The molecule has 0 saturated heterocycles. The fourth-order valence-corrected chi connectivity index (χ4v) is 3.11. The summed E-state index contributed by atoms with van der Waals surface area (Å²) in [5, 5.41) is 3.24. The van der Waals surface area contributed by atoms with Gasteiger partial charge in [-0.1, -0.05) is 30.3 Å². The Morgan fingerprint density at radius 3 is 2.52 bits per heavy atom. The Morgan fingerprint density at radius 1 is 1.03 bits per heavy atom. The minimum absolute atomic E-state index is 0.313. The van der Waals surface area contributed by atoms with Gasteiger partial charge < -0.3 is 16.8 Å². The molecule has 29 heavy (non-hydrogen) atoms. The lowest BCUT2D eigenvalue weighted by atomic mass is 10.1. The van der Waals surface area contributed by atoms with Gasteiger partial charge >= 0.3 is 0 Å². The van der Waals surface area contributed by atoms with Crippen molar-refractivity contribution in [2.75, 3.05) is 17.6 Å². The average molecular weight is 387 g/mol. The fourth-order valence-electron chi connectivity index (χ4n) is 3.11. The highest BCUT2D eigenvalue weighted by atomic mass is 16.1. The molecule has 0 spiro atoms. The molecule has 2 aromatic carbocycles. The number of carbonyl (C=O) groups excluding carboxylic acids is 1. The van der Waals surface area contributed by atoms with Crippen molar-refractivity contribution in [2.45, 2.75) is 12.8 Å². The second kappa shape index (κ2) is 7.97. The molecule has 5 N–H and O–H groups in total. The van der Waals surface area contributed by atoms with Crippen LogP contribution in [0.25, 0.3) is 16.9 Å². The number of primary amides is 1. The molecule has 2 aromatic heterocycles. The van der Waals surface area contributed by atoms with Crippen LogP contribution in [0, 0.1) is 0 Å². The van der Waals surface area contributed by atoms with E-state index >= 15 is 0 Å². The van der Waals surface area contributed by atoms with Gasteiger partial charge in [0, 0.05) is 17.8 Å². The zero-order valence-corrected chi connectivity index (χ0v) is 15.7. The Kier molecular flexibility index (Phi) is 5.07. The van der Waals surface area contributed by atoms with Gasteiger partial charge in [0.05, 0.1) is 0 Å². The summed E-state index contributed by atoms with van der Waals surface area (Å²) in [5.41, 5.74) is 15.0. The molecule has 1 amide bonds. The van der Waals surface area contributed by atoms with Crippen LogP contribution in [0.3, 0.4) is 0 Å². The minimum atomic E-state index is -0.472. The second-order valence-electron chi connectivity index (χ2n) is 6.65. The van der Waals surface area contributed by atoms with Crippen LogP contribution in [-0.4, -0.2) is 32.0 Å². The lowest BCUT2D eigenvalue weighted by Crippen LogP contribution is -2.11. The molecule has 4 rings (SSSR count). The van der Waals surface area contributed by atoms with Gasteiger partial charge in [-0.05, 0) is 42.7 Å². The Morgan fingerprint density at radius 2 is 1.79 bits per heavy atom. The summed E-state index contributed by atoms with van der Waals surface area (Å²) in [5.74, 6) is 0.298. The van der Waals surface area contributed by atoms with E-state index in [-0.39, 0.29) is 0 Å². The van der Waals surface area contributed by atoms with Crippen molar-refractivity contribution in [1.82, 2.24) is 19.5 Å². The third kappa shape index (κ3) is 4.01. The molecule has 0 unspecified atom stereocenters. The highest BCUT2D eigenvalue weighted by Crippen LogP contribution is 2.22. The first-order valence-corrected chi connectivity index (χ1v) is 9.30. The molecule has 4 aromatic rings.